The Bertz CT molecular complexity index is 2970. The topological polar surface area (TPSA) is 261 Å². The molecule has 4 aromatic heterocycles. The van der Waals surface area contributed by atoms with E-state index in [0.717, 1.165) is 33.4 Å². The summed E-state index contributed by atoms with van der Waals surface area (Å²) in [6.07, 6.45) is 8.18. The molecular weight excluding hydrogens is 865 g/mol. The minimum absolute atomic E-state index is 0. The van der Waals surface area contributed by atoms with Gasteiger partial charge in [0.05, 0.1) is 23.2 Å². The second kappa shape index (κ2) is 19.9. The largest absolute Gasteiger partial charge is 0.477 e. The van der Waals surface area contributed by atoms with Crippen molar-refractivity contribution in [2.24, 2.45) is 0 Å². The number of carbonyl (C=O) groups is 6. The molecule has 2 aliphatic carbocycles. The Kier molecular flexibility index (Phi) is 14.4. The number of benzene rings is 2. The van der Waals surface area contributed by atoms with Gasteiger partial charge < -0.3 is 30.0 Å². The normalized spacial score (nSPS) is 14.6. The average Bonchev–Trinajstić information content (AvgIpc) is 4.11. The molecule has 0 radical (unpaired) electrons. The molecule has 2 aromatic carbocycles. The number of ether oxygens (including phenoxy) is 3. The number of aromatic nitrogens is 8. The number of hydrogen-bond donors (Lipinski definition) is 3. The molecule has 20 heteroatoms. The molecule has 0 saturated heterocycles. The van der Waals surface area contributed by atoms with Crippen LogP contribution in [0, 0.1) is 13.8 Å². The summed E-state index contributed by atoms with van der Waals surface area (Å²) in [7, 11) is 0. The van der Waals surface area contributed by atoms with Crippen molar-refractivity contribution in [3.05, 3.63) is 142 Å². The molecule has 3 N–H and O–H groups in total. The number of carbonyl (C=O) groups excluding carboxylic acids is 5. The van der Waals surface area contributed by atoms with E-state index in [1.165, 1.54) is 46.0 Å². The Labute approximate surface area is 384 Å². The summed E-state index contributed by atoms with van der Waals surface area (Å²) in [5, 5.41) is 23.3. The summed E-state index contributed by atoms with van der Waals surface area (Å²) < 4.78 is 18.2. The fraction of sp³-hybridized carbons (Fsp3) is 0.319. The molecular formula is C47H50N10O10. The third kappa shape index (κ3) is 10.2. The number of nitrogens with zero attached hydrogens (tertiary/aromatic N) is 8. The predicted molar refractivity (Wildman–Crippen MR) is 241 cm³/mol. The van der Waals surface area contributed by atoms with Gasteiger partial charge >= 0.3 is 23.9 Å². The number of amides is 2. The van der Waals surface area contributed by atoms with Crippen LogP contribution < -0.4 is 10.6 Å². The van der Waals surface area contributed by atoms with Gasteiger partial charge in [-0.1, -0.05) is 44.9 Å². The van der Waals surface area contributed by atoms with Crippen LogP contribution >= 0.6 is 0 Å². The van der Waals surface area contributed by atoms with Crippen molar-refractivity contribution in [1.82, 2.24) is 49.8 Å². The molecule has 0 unspecified atom stereocenters. The van der Waals surface area contributed by atoms with Gasteiger partial charge in [-0.2, -0.15) is 29.2 Å². The maximum absolute atomic E-state index is 13.3. The number of carboxylic acid groups (broad SMARTS) is 1. The van der Waals surface area contributed by atoms with E-state index >= 15 is 0 Å². The Morgan fingerprint density at radius 3 is 1.57 bits per heavy atom. The van der Waals surface area contributed by atoms with Crippen LogP contribution in [0.15, 0.2) is 74.4 Å². The molecule has 2 amide bonds. The van der Waals surface area contributed by atoms with E-state index in [4.69, 9.17) is 14.2 Å². The van der Waals surface area contributed by atoms with Gasteiger partial charge in [-0.05, 0) is 106 Å². The van der Waals surface area contributed by atoms with Crippen LogP contribution in [0.25, 0.3) is 11.6 Å². The Hall–Kier alpha value is -8.16. The fourth-order valence-electron chi connectivity index (χ4n) is 7.88. The minimum atomic E-state index is -1.27. The highest BCUT2D eigenvalue weighted by Crippen LogP contribution is 2.36. The van der Waals surface area contributed by atoms with E-state index in [2.05, 4.69) is 53.9 Å². The maximum atomic E-state index is 13.3. The molecule has 0 aliphatic heterocycles. The van der Waals surface area contributed by atoms with Crippen LogP contribution in [0.3, 0.4) is 0 Å². The Balaban J connectivity index is 0.000000219. The molecule has 0 spiro atoms. The monoisotopic (exact) mass is 914 g/mol. The van der Waals surface area contributed by atoms with Gasteiger partial charge in [-0.25, -0.2) is 29.1 Å². The van der Waals surface area contributed by atoms with Crippen molar-refractivity contribution in [2.75, 3.05) is 13.2 Å². The fourth-order valence-corrected chi connectivity index (χ4v) is 7.88. The molecule has 2 aliphatic rings. The summed E-state index contributed by atoms with van der Waals surface area (Å²) in [4.78, 5) is 90.7. The van der Waals surface area contributed by atoms with Crippen molar-refractivity contribution in [3.8, 4) is 0 Å². The highest BCUT2D eigenvalue weighted by molar-refractivity contribution is 5.98. The van der Waals surface area contributed by atoms with Crippen LogP contribution in [-0.2, 0) is 27.1 Å². The molecule has 8 rings (SSSR count). The Morgan fingerprint density at radius 1 is 0.716 bits per heavy atom. The van der Waals surface area contributed by atoms with Crippen molar-refractivity contribution in [2.45, 2.75) is 85.4 Å². The van der Waals surface area contributed by atoms with E-state index < -0.39 is 41.3 Å². The quantitative estimate of drug-likeness (QED) is 0.0758. The zero-order chi connectivity index (χ0) is 47.4. The van der Waals surface area contributed by atoms with Crippen LogP contribution in [0.2, 0.25) is 0 Å². The first kappa shape index (κ1) is 48.3. The van der Waals surface area contributed by atoms with Gasteiger partial charge in [0.2, 0.25) is 0 Å². The lowest BCUT2D eigenvalue weighted by atomic mass is 9.98. The first-order valence-electron chi connectivity index (χ1n) is 20.8. The Morgan fingerprint density at radius 2 is 1.15 bits per heavy atom. The highest BCUT2D eigenvalue weighted by atomic mass is 16.6. The molecule has 2 atom stereocenters. The summed E-state index contributed by atoms with van der Waals surface area (Å²) in [6.45, 7) is 16.3. The predicted octanol–water partition coefficient (Wildman–Crippen LogP) is 5.68. The zero-order valence-electron chi connectivity index (χ0n) is 36.8. The standard InChI is InChI=1S/C25H27N5O5.C21H19N5O5.CH4/c1-6-11-34-22(32)16-7-8-17-15(14(16)2)9-10-18(17)28-21(31)20-12-19(23(33)35-25(3,4)5)29-24-26-13-27-30(20)24;1-3-8-31-20(30)13-4-5-14-12(11(13)2)6-7-15(14)24-18(27)17-9-16(19(28)29)25-21-22-10-23-26(17)21;/h6-8,12-13,18H,1,9-11H2,2-5H3,(H,28,31);3-5,9-10,15H,1,6-8H2,2H3,(H,24,27)(H,28,29);1H4/t18-;15-;/m00./s1. The van der Waals surface area contributed by atoms with Gasteiger partial charge in [0, 0.05) is 12.1 Å². The number of nitrogens with one attached hydrogen (secondary N) is 2. The van der Waals surface area contributed by atoms with Crippen molar-refractivity contribution in [3.63, 3.8) is 0 Å². The van der Waals surface area contributed by atoms with Gasteiger partial charge in [-0.3, -0.25) is 9.59 Å². The van der Waals surface area contributed by atoms with E-state index in [0.29, 0.717) is 36.8 Å². The van der Waals surface area contributed by atoms with E-state index in [1.807, 2.05) is 26.0 Å². The maximum Gasteiger partial charge on any atom is 0.357 e. The second-order valence-corrected chi connectivity index (χ2v) is 16.3. The molecule has 348 valence electrons. The third-order valence-electron chi connectivity index (χ3n) is 10.9. The number of carboxylic acids is 1. The molecule has 6 aromatic rings. The number of rotatable bonds is 12. The van der Waals surface area contributed by atoms with Gasteiger partial charge in [-0.15, -0.1) is 0 Å². The molecule has 0 bridgehead atoms. The molecule has 67 heavy (non-hydrogen) atoms. The summed E-state index contributed by atoms with van der Waals surface area (Å²) in [5.41, 5.74) is 5.58. The number of hydrogen-bond acceptors (Lipinski definition) is 15. The van der Waals surface area contributed by atoms with Crippen LogP contribution in [0.5, 0.6) is 0 Å². The van der Waals surface area contributed by atoms with Crippen molar-refractivity contribution in [1.29, 1.82) is 0 Å². The molecule has 4 heterocycles. The molecule has 0 fully saturated rings. The summed E-state index contributed by atoms with van der Waals surface area (Å²) in [6, 6.07) is 9.01. The van der Waals surface area contributed by atoms with Gasteiger partial charge in [0.15, 0.2) is 11.4 Å². The third-order valence-corrected chi connectivity index (χ3v) is 10.9. The van der Waals surface area contributed by atoms with Crippen LogP contribution in [0.1, 0.15) is 149 Å². The summed E-state index contributed by atoms with van der Waals surface area (Å²) in [5.74, 6) is -3.54. The highest BCUT2D eigenvalue weighted by Gasteiger charge is 2.31. The summed E-state index contributed by atoms with van der Waals surface area (Å²) >= 11 is 0. The molecule has 0 saturated carbocycles. The number of aromatic carboxylic acids is 1. The van der Waals surface area contributed by atoms with Crippen LogP contribution in [-0.4, -0.2) is 98.8 Å². The lowest BCUT2D eigenvalue weighted by Crippen LogP contribution is -2.30. The number of esters is 3. The SMILES string of the molecule is C.C=CCOC(=O)c1ccc2c(c1C)CC[C@@H]2NC(=O)c1cc(C(=O)O)nc2ncnn12.C=CCOC(=O)c1ccc2c(c1C)CC[C@@H]2NC(=O)c1cc(C(=O)OC(C)(C)C)nc2ncnn12. The van der Waals surface area contributed by atoms with Crippen LogP contribution in [0.4, 0.5) is 0 Å². The molecule has 20 nitrogen and oxygen atoms in total. The van der Waals surface area contributed by atoms with Crippen molar-refractivity contribution >= 4 is 47.2 Å². The van der Waals surface area contributed by atoms with Gasteiger partial charge in [0.1, 0.15) is 42.9 Å². The first-order chi connectivity index (χ1) is 31.5. The first-order valence-corrected chi connectivity index (χ1v) is 20.8. The lowest BCUT2D eigenvalue weighted by molar-refractivity contribution is 0.00620. The number of fused-ring (bicyclic) bond motifs is 4. The van der Waals surface area contributed by atoms with Gasteiger partial charge in [0.25, 0.3) is 23.4 Å². The second-order valence-electron chi connectivity index (χ2n) is 16.3. The van der Waals surface area contributed by atoms with Crippen molar-refractivity contribution < 1.29 is 48.1 Å². The average molecular weight is 915 g/mol. The smallest absolute Gasteiger partial charge is 0.357 e. The van der Waals surface area contributed by atoms with E-state index in [9.17, 15) is 33.9 Å². The minimum Gasteiger partial charge on any atom is -0.477 e. The van der Waals surface area contributed by atoms with E-state index in [1.54, 1.807) is 32.9 Å². The lowest BCUT2D eigenvalue weighted by Gasteiger charge is -2.19. The van der Waals surface area contributed by atoms with E-state index in [-0.39, 0.29) is 67.1 Å². The zero-order valence-corrected chi connectivity index (χ0v) is 36.8.